The van der Waals surface area contributed by atoms with Crippen LogP contribution in [0.25, 0.3) is 10.9 Å². The number of nitrogens with zero attached hydrogens (tertiary/aromatic N) is 2. The van der Waals surface area contributed by atoms with Gasteiger partial charge in [-0.25, -0.2) is 4.79 Å². The summed E-state index contributed by atoms with van der Waals surface area (Å²) < 4.78 is 0. The lowest BCUT2D eigenvalue weighted by atomic mass is 10.0. The molecule has 446 valence electrons. The van der Waals surface area contributed by atoms with Crippen molar-refractivity contribution >= 4 is 75.9 Å². The van der Waals surface area contributed by atoms with Crippen LogP contribution in [0.15, 0.2) is 91.1 Å². The number of aliphatic carboxylic acids is 1. The summed E-state index contributed by atoms with van der Waals surface area (Å²) in [6, 6.07) is 12.5. The van der Waals surface area contributed by atoms with Crippen LogP contribution in [-0.2, 0) is 72.0 Å². The van der Waals surface area contributed by atoms with Crippen LogP contribution in [0.1, 0.15) is 88.8 Å². The lowest BCUT2D eigenvalue weighted by molar-refractivity contribution is -0.146. The van der Waals surface area contributed by atoms with Crippen molar-refractivity contribution in [3.05, 3.63) is 108 Å². The highest BCUT2D eigenvalue weighted by Gasteiger charge is 2.43. The number of carbonyl (C=O) groups is 11. The summed E-state index contributed by atoms with van der Waals surface area (Å²) in [5.74, 6) is -10.0. The number of H-pyrrole nitrogens is 1. The molecule has 2 saturated heterocycles. The predicted octanol–water partition coefficient (Wildman–Crippen LogP) is -0.934. The molecule has 0 saturated carbocycles. The number of likely N-dealkylation sites (tertiary alicyclic amines) is 2. The van der Waals surface area contributed by atoms with Crippen molar-refractivity contribution in [2.75, 3.05) is 13.1 Å². The molecule has 1 aromatic heterocycles. The fraction of sp³-hybridized carbons (Fsp3) is 0.466. The lowest BCUT2D eigenvalue weighted by Crippen LogP contribution is -2.61. The summed E-state index contributed by atoms with van der Waals surface area (Å²) in [4.78, 5) is 156. The lowest BCUT2D eigenvalue weighted by Gasteiger charge is -2.31. The summed E-state index contributed by atoms with van der Waals surface area (Å²) in [6.07, 6.45) is -0.592. The molecule has 6 rings (SSSR count). The van der Waals surface area contributed by atoms with Crippen LogP contribution in [0.3, 0.4) is 0 Å². The number of para-hydroxylation sites is 1. The van der Waals surface area contributed by atoms with E-state index in [-0.39, 0.29) is 45.2 Å². The Balaban J connectivity index is 1.23. The van der Waals surface area contributed by atoms with Crippen molar-refractivity contribution in [3.63, 3.8) is 0 Å². The number of carboxylic acid groups (broad SMARTS) is 1. The Bertz CT molecular complexity index is 2970. The van der Waals surface area contributed by atoms with E-state index < -0.39 is 157 Å². The third kappa shape index (κ3) is 17.6. The van der Waals surface area contributed by atoms with E-state index in [9.17, 15) is 63.0 Å². The van der Waals surface area contributed by atoms with Gasteiger partial charge in [0.1, 0.15) is 48.3 Å². The predicted molar refractivity (Wildman–Crippen MR) is 302 cm³/mol. The molecule has 0 radical (unpaired) electrons. The minimum Gasteiger partial charge on any atom is -0.480 e. The molecule has 2 fully saturated rings. The normalized spacial score (nSPS) is 17.9. The minimum absolute atomic E-state index is 0.0264. The highest BCUT2D eigenvalue weighted by Crippen LogP contribution is 2.25. The van der Waals surface area contributed by atoms with E-state index in [0.29, 0.717) is 24.0 Å². The Morgan fingerprint density at radius 2 is 1.05 bits per heavy atom. The number of primary amides is 2. The summed E-state index contributed by atoms with van der Waals surface area (Å²) >= 11 is 0. The van der Waals surface area contributed by atoms with E-state index in [1.165, 1.54) is 11.8 Å². The number of aliphatic hydroxyl groups is 1. The van der Waals surface area contributed by atoms with E-state index in [1.807, 2.05) is 18.2 Å². The average Bonchev–Trinajstić information content (AvgIpc) is 4.35. The van der Waals surface area contributed by atoms with Gasteiger partial charge in [0.05, 0.1) is 12.1 Å². The van der Waals surface area contributed by atoms with Crippen LogP contribution in [0.2, 0.25) is 0 Å². The Morgan fingerprint density at radius 3 is 1.59 bits per heavy atom. The van der Waals surface area contributed by atoms with Crippen molar-refractivity contribution < 1.29 is 63.0 Å². The fourth-order valence-electron chi connectivity index (χ4n) is 10.3. The number of aromatic amines is 1. The van der Waals surface area contributed by atoms with E-state index in [2.05, 4.69) is 36.9 Å². The first-order chi connectivity index (χ1) is 39.5. The van der Waals surface area contributed by atoms with Gasteiger partial charge < -0.3 is 74.1 Å². The number of benzene rings is 3. The Kier molecular flexibility index (Phi) is 22.8. The number of hydrogen-bond donors (Lipinski definition) is 12. The number of carbonyl (C=O) groups excluding carboxylic acids is 10. The maximum absolute atomic E-state index is 14.9. The van der Waals surface area contributed by atoms with Gasteiger partial charge >= 0.3 is 5.97 Å². The molecule has 25 nitrogen and oxygen atoms in total. The number of nitrogens with two attached hydrogens (primary N) is 3. The Labute approximate surface area is 479 Å². The van der Waals surface area contributed by atoms with Crippen LogP contribution >= 0.6 is 0 Å². The number of aromatic nitrogens is 1. The molecule has 3 aromatic carbocycles. The highest BCUT2D eigenvalue weighted by atomic mass is 16.4. The van der Waals surface area contributed by atoms with Crippen molar-refractivity contribution in [2.24, 2.45) is 23.1 Å². The minimum atomic E-state index is -1.63. The molecule has 10 atom stereocenters. The topological polar surface area (TPSA) is 401 Å². The maximum Gasteiger partial charge on any atom is 0.326 e. The summed E-state index contributed by atoms with van der Waals surface area (Å²) in [6.45, 7) is 4.69. The maximum atomic E-state index is 14.9. The molecule has 0 aliphatic carbocycles. The second kappa shape index (κ2) is 29.8. The quantitative estimate of drug-likeness (QED) is 0.0313. The first-order valence-corrected chi connectivity index (χ1v) is 27.8. The molecule has 15 N–H and O–H groups in total. The zero-order valence-corrected chi connectivity index (χ0v) is 46.7. The fourth-order valence-corrected chi connectivity index (χ4v) is 10.3. The van der Waals surface area contributed by atoms with Gasteiger partial charge in [0.15, 0.2) is 0 Å². The first-order valence-electron chi connectivity index (χ1n) is 27.8. The van der Waals surface area contributed by atoms with Gasteiger partial charge in [0.2, 0.25) is 59.1 Å². The molecule has 2 aliphatic rings. The molecule has 0 unspecified atom stereocenters. The molecule has 4 aromatic rings. The van der Waals surface area contributed by atoms with Crippen molar-refractivity contribution in [1.82, 2.24) is 46.7 Å². The van der Waals surface area contributed by atoms with Gasteiger partial charge in [0.25, 0.3) is 0 Å². The van der Waals surface area contributed by atoms with Crippen LogP contribution in [0, 0.1) is 5.92 Å². The summed E-state index contributed by atoms with van der Waals surface area (Å²) in [5.41, 5.74) is 19.9. The van der Waals surface area contributed by atoms with Gasteiger partial charge in [-0.05, 0) is 80.5 Å². The molecule has 0 bridgehead atoms. The molecule has 25 heteroatoms. The Hall–Kier alpha value is -8.71. The number of hydrogen-bond acceptors (Lipinski definition) is 13. The smallest absolute Gasteiger partial charge is 0.326 e. The van der Waals surface area contributed by atoms with Crippen LogP contribution in [0.4, 0.5) is 0 Å². The highest BCUT2D eigenvalue weighted by molar-refractivity contribution is 5.99. The van der Waals surface area contributed by atoms with Gasteiger partial charge in [-0.2, -0.15) is 0 Å². The Morgan fingerprint density at radius 1 is 0.566 bits per heavy atom. The van der Waals surface area contributed by atoms with Crippen LogP contribution in [-0.4, -0.2) is 164 Å². The molecule has 3 heterocycles. The molecule has 10 amide bonds. The second-order valence-electron chi connectivity index (χ2n) is 21.5. The monoisotopic (exact) mass is 1150 g/mol. The number of aliphatic hydroxyl groups excluding tert-OH is 1. The summed E-state index contributed by atoms with van der Waals surface area (Å²) in [5, 5.41) is 37.0. The van der Waals surface area contributed by atoms with Crippen LogP contribution in [0.5, 0.6) is 0 Å². The SMILES string of the molecule is CC(C)[C@H](NC(=O)[C@@H]1CCCN1C(=O)[C@H](Cc1c[nH]c2ccccc12)NC(=O)[C@H](Cc1ccccc1)NC(=O)[C@H](CCC(N)=O)NC(=O)[C@H](CCC(N)=O)NC(=O)[C@@H]1CCCN1C(=O)[C@@H](NC(=O)[C@@H](N)Cc1ccccc1)[C@@H](C)O)C(=O)O. The third-order valence-electron chi connectivity index (χ3n) is 14.8. The average molecular weight is 1150 g/mol. The molecule has 0 spiro atoms. The number of nitrogens with one attached hydrogen (secondary N) is 7. The largest absolute Gasteiger partial charge is 0.480 e. The first kappa shape index (κ1) is 63.5. The van der Waals surface area contributed by atoms with Crippen molar-refractivity contribution in [1.29, 1.82) is 0 Å². The van der Waals surface area contributed by atoms with E-state index in [1.54, 1.807) is 86.8 Å². The van der Waals surface area contributed by atoms with Crippen molar-refractivity contribution in [3.8, 4) is 0 Å². The standard InChI is InChI=1S/C58H76N12O13/c1-32(2)48(58(82)83)67-55(79)45-21-12-26-69(45)56(80)43(30-36-31-62-39-19-11-10-18-37(36)39)66-53(77)42(29-35-16-8-5-9-17-35)65-52(76)40(22-24-46(60)72)63-51(75)41(23-25-47(61)73)64-54(78)44-20-13-27-70(44)57(81)49(33(3)71)68-50(74)38(59)28-34-14-6-4-7-15-34/h4-11,14-19,31-33,38,40-45,48-49,62,71H,12-13,20-30,59H2,1-3H3,(H2,60,72)(H2,61,73)(H,63,75)(H,64,78)(H,65,76)(H,66,77)(H,67,79)(H,68,74)(H,82,83)/t33-,38+,40+,41+,42+,43+,44+,45+,48+,49+/m1/s1. The zero-order chi connectivity index (χ0) is 60.5. The number of carboxylic acids is 1. The molecular formula is C58H76N12O13. The molecule has 2 aliphatic heterocycles. The second-order valence-corrected chi connectivity index (χ2v) is 21.5. The van der Waals surface area contributed by atoms with E-state index >= 15 is 0 Å². The van der Waals surface area contributed by atoms with Gasteiger partial charge in [0, 0.05) is 55.9 Å². The van der Waals surface area contributed by atoms with Crippen LogP contribution < -0.4 is 49.1 Å². The van der Waals surface area contributed by atoms with Gasteiger partial charge in [-0.1, -0.05) is 92.7 Å². The zero-order valence-electron chi connectivity index (χ0n) is 46.7. The number of rotatable bonds is 29. The summed E-state index contributed by atoms with van der Waals surface area (Å²) in [7, 11) is 0. The van der Waals surface area contributed by atoms with Gasteiger partial charge in [-0.15, -0.1) is 0 Å². The van der Waals surface area contributed by atoms with Crippen molar-refractivity contribution in [2.45, 2.75) is 152 Å². The van der Waals surface area contributed by atoms with E-state index in [4.69, 9.17) is 17.2 Å². The number of amides is 10. The van der Waals surface area contributed by atoms with Gasteiger partial charge in [-0.3, -0.25) is 47.9 Å². The van der Waals surface area contributed by atoms with E-state index in [0.717, 1.165) is 21.4 Å². The number of fused-ring (bicyclic) bond motifs is 1. The molecule has 83 heavy (non-hydrogen) atoms. The molecular weight excluding hydrogens is 1070 g/mol. The third-order valence-corrected chi connectivity index (χ3v) is 14.8.